The number of carboxylic acid groups (broad SMARTS) is 1. The maximum absolute atomic E-state index is 12.3. The smallest absolute Gasteiger partial charge is 0.335 e. The van der Waals surface area contributed by atoms with Crippen LogP contribution in [0.4, 0.5) is 0 Å². The van der Waals surface area contributed by atoms with Gasteiger partial charge < -0.3 is 5.11 Å². The predicted octanol–water partition coefficient (Wildman–Crippen LogP) is 2.96. The average Bonchev–Trinajstić information content (AvgIpc) is 2.37. The van der Waals surface area contributed by atoms with Crippen LogP contribution in [0.15, 0.2) is 27.6 Å². The van der Waals surface area contributed by atoms with Gasteiger partial charge in [-0.25, -0.2) is 17.9 Å². The Kier molecular flexibility index (Phi) is 7.19. The molecule has 8 heteroatoms. The molecule has 118 valence electrons. The highest BCUT2D eigenvalue weighted by Gasteiger charge is 2.21. The number of sulfonamides is 1. The SMILES string of the molecule is CCSCCC(C)NS(=O)(=O)c1ccc(C(=O)O)cc1Br. The molecule has 1 atom stereocenters. The first-order valence-electron chi connectivity index (χ1n) is 6.41. The average molecular weight is 396 g/mol. The lowest BCUT2D eigenvalue weighted by Crippen LogP contribution is -2.33. The first kappa shape index (κ1) is 18.5. The summed E-state index contributed by atoms with van der Waals surface area (Å²) in [7, 11) is -3.67. The number of hydrogen-bond acceptors (Lipinski definition) is 4. The second-order valence-electron chi connectivity index (χ2n) is 4.46. The maximum Gasteiger partial charge on any atom is 0.335 e. The van der Waals surface area contributed by atoms with Crippen LogP contribution < -0.4 is 4.72 Å². The summed E-state index contributed by atoms with van der Waals surface area (Å²) < 4.78 is 27.4. The fourth-order valence-corrected chi connectivity index (χ4v) is 4.81. The Labute approximate surface area is 137 Å². The summed E-state index contributed by atoms with van der Waals surface area (Å²) in [6.07, 6.45) is 0.739. The zero-order chi connectivity index (χ0) is 16.0. The van der Waals surface area contributed by atoms with E-state index in [0.717, 1.165) is 17.9 Å². The molecule has 0 bridgehead atoms. The van der Waals surface area contributed by atoms with E-state index in [4.69, 9.17) is 5.11 Å². The Morgan fingerprint density at radius 3 is 2.67 bits per heavy atom. The summed E-state index contributed by atoms with van der Waals surface area (Å²) >= 11 is 4.88. The number of carbonyl (C=O) groups is 1. The molecular weight excluding hydrogens is 378 g/mol. The Morgan fingerprint density at radius 1 is 1.48 bits per heavy atom. The zero-order valence-corrected chi connectivity index (χ0v) is 15.0. The van der Waals surface area contributed by atoms with Crippen LogP contribution in [0.2, 0.25) is 0 Å². The number of carboxylic acids is 1. The van der Waals surface area contributed by atoms with Gasteiger partial charge in [-0.3, -0.25) is 0 Å². The van der Waals surface area contributed by atoms with Crippen LogP contribution in [0.1, 0.15) is 30.6 Å². The van der Waals surface area contributed by atoms with Gasteiger partial charge in [0, 0.05) is 10.5 Å². The predicted molar refractivity (Wildman–Crippen MR) is 88.5 cm³/mol. The standard InChI is InChI=1S/C13H18BrNO4S2/c1-3-20-7-6-9(2)15-21(18,19)12-5-4-10(13(16)17)8-11(12)14/h4-5,8-9,15H,3,6-7H2,1-2H3,(H,16,17). The molecule has 0 spiro atoms. The molecule has 0 aliphatic rings. The number of nitrogens with one attached hydrogen (secondary N) is 1. The number of halogens is 1. The molecule has 0 saturated heterocycles. The third-order valence-corrected chi connectivity index (χ3v) is 6.22. The van der Waals surface area contributed by atoms with Crippen LogP contribution >= 0.6 is 27.7 Å². The number of aromatic carboxylic acids is 1. The van der Waals surface area contributed by atoms with Crippen LogP contribution in [-0.4, -0.2) is 37.0 Å². The van der Waals surface area contributed by atoms with Crippen LogP contribution in [0.25, 0.3) is 0 Å². The minimum absolute atomic E-state index is 0.0354. The summed E-state index contributed by atoms with van der Waals surface area (Å²) in [5, 5.41) is 8.88. The van der Waals surface area contributed by atoms with Gasteiger partial charge in [0.15, 0.2) is 0 Å². The van der Waals surface area contributed by atoms with E-state index in [1.165, 1.54) is 18.2 Å². The molecule has 0 fully saturated rings. The van der Waals surface area contributed by atoms with Gasteiger partial charge in [-0.2, -0.15) is 11.8 Å². The Bertz CT molecular complexity index is 604. The quantitative estimate of drug-likeness (QED) is 0.661. The zero-order valence-electron chi connectivity index (χ0n) is 11.8. The Balaban J connectivity index is 2.85. The molecule has 5 nitrogen and oxygen atoms in total. The summed E-state index contributed by atoms with van der Waals surface area (Å²) in [4.78, 5) is 10.9. The van der Waals surface area contributed by atoms with Gasteiger partial charge in [-0.15, -0.1) is 0 Å². The van der Waals surface area contributed by atoms with Crippen molar-refractivity contribution in [2.24, 2.45) is 0 Å². The summed E-state index contributed by atoms with van der Waals surface area (Å²) in [5.74, 6) is 0.790. The molecule has 0 aliphatic carbocycles. The second-order valence-corrected chi connectivity index (χ2v) is 8.39. The summed E-state index contributed by atoms with van der Waals surface area (Å²) in [5.41, 5.74) is 0.0354. The van der Waals surface area contributed by atoms with Crippen LogP contribution in [0.3, 0.4) is 0 Å². The Morgan fingerprint density at radius 2 is 2.14 bits per heavy atom. The van der Waals surface area contributed by atoms with Crippen molar-refractivity contribution in [2.75, 3.05) is 11.5 Å². The molecule has 0 saturated carbocycles. The number of benzene rings is 1. The van der Waals surface area contributed by atoms with Crippen molar-refractivity contribution in [3.8, 4) is 0 Å². The molecule has 1 aromatic carbocycles. The third-order valence-electron chi connectivity index (χ3n) is 2.72. The van der Waals surface area contributed by atoms with Crippen LogP contribution in [0.5, 0.6) is 0 Å². The molecule has 1 aromatic rings. The topological polar surface area (TPSA) is 83.5 Å². The van der Waals surface area contributed by atoms with Crippen molar-refractivity contribution in [2.45, 2.75) is 31.2 Å². The first-order valence-corrected chi connectivity index (χ1v) is 9.84. The van der Waals surface area contributed by atoms with Crippen LogP contribution in [0, 0.1) is 0 Å². The van der Waals surface area contributed by atoms with E-state index in [-0.39, 0.29) is 21.0 Å². The molecular formula is C13H18BrNO4S2. The van der Waals surface area contributed by atoms with E-state index in [0.29, 0.717) is 0 Å². The van der Waals surface area contributed by atoms with Gasteiger partial charge in [0.25, 0.3) is 0 Å². The van der Waals surface area contributed by atoms with E-state index < -0.39 is 16.0 Å². The summed E-state index contributed by atoms with van der Waals surface area (Å²) in [6, 6.07) is 3.68. The van der Waals surface area contributed by atoms with Gasteiger partial charge in [0.05, 0.1) is 10.5 Å². The minimum atomic E-state index is -3.67. The van der Waals surface area contributed by atoms with Crippen molar-refractivity contribution < 1.29 is 18.3 Å². The van der Waals surface area contributed by atoms with Crippen molar-refractivity contribution in [1.29, 1.82) is 0 Å². The van der Waals surface area contributed by atoms with Gasteiger partial charge in [-0.05, 0) is 59.0 Å². The van der Waals surface area contributed by atoms with Gasteiger partial charge in [0.1, 0.15) is 0 Å². The lowest BCUT2D eigenvalue weighted by atomic mass is 10.2. The normalized spacial score (nSPS) is 13.1. The number of rotatable bonds is 8. The fraction of sp³-hybridized carbons (Fsp3) is 0.462. The molecule has 0 heterocycles. The third kappa shape index (κ3) is 5.61. The van der Waals surface area contributed by atoms with E-state index in [1.54, 1.807) is 11.8 Å². The molecule has 1 unspecified atom stereocenters. The van der Waals surface area contributed by atoms with E-state index in [9.17, 15) is 13.2 Å². The Hall–Kier alpha value is -0.570. The minimum Gasteiger partial charge on any atom is -0.478 e. The van der Waals surface area contributed by atoms with E-state index >= 15 is 0 Å². The van der Waals surface area contributed by atoms with Crippen molar-refractivity contribution in [3.63, 3.8) is 0 Å². The molecule has 1 rings (SSSR count). The highest BCUT2D eigenvalue weighted by Crippen LogP contribution is 2.23. The number of thioether (sulfide) groups is 1. The lowest BCUT2D eigenvalue weighted by molar-refractivity contribution is 0.0696. The van der Waals surface area contributed by atoms with Crippen molar-refractivity contribution in [1.82, 2.24) is 4.72 Å². The molecule has 0 radical (unpaired) electrons. The fourth-order valence-electron chi connectivity index (χ4n) is 1.64. The molecule has 2 N–H and O–H groups in total. The molecule has 0 amide bonds. The van der Waals surface area contributed by atoms with Crippen molar-refractivity contribution >= 4 is 43.7 Å². The van der Waals surface area contributed by atoms with Crippen molar-refractivity contribution in [3.05, 3.63) is 28.2 Å². The molecule has 0 aliphatic heterocycles. The van der Waals surface area contributed by atoms with Gasteiger partial charge in [0.2, 0.25) is 10.0 Å². The second kappa shape index (κ2) is 8.17. The molecule has 0 aromatic heterocycles. The maximum atomic E-state index is 12.3. The molecule has 21 heavy (non-hydrogen) atoms. The van der Waals surface area contributed by atoms with Gasteiger partial charge >= 0.3 is 5.97 Å². The largest absolute Gasteiger partial charge is 0.478 e. The summed E-state index contributed by atoms with van der Waals surface area (Å²) in [6.45, 7) is 3.87. The number of hydrogen-bond donors (Lipinski definition) is 2. The van der Waals surface area contributed by atoms with E-state index in [1.807, 2.05) is 6.92 Å². The highest BCUT2D eigenvalue weighted by atomic mass is 79.9. The van der Waals surface area contributed by atoms with Gasteiger partial charge in [-0.1, -0.05) is 6.92 Å². The first-order chi connectivity index (χ1) is 9.77. The van der Waals surface area contributed by atoms with Crippen LogP contribution in [-0.2, 0) is 10.0 Å². The van der Waals surface area contributed by atoms with E-state index in [2.05, 4.69) is 27.6 Å². The monoisotopic (exact) mass is 395 g/mol. The lowest BCUT2D eigenvalue weighted by Gasteiger charge is -2.15. The highest BCUT2D eigenvalue weighted by molar-refractivity contribution is 9.10.